The van der Waals surface area contributed by atoms with Crippen molar-refractivity contribution in [3.63, 3.8) is 0 Å². The Labute approximate surface area is 241 Å². The molecule has 1 aliphatic heterocycles. The molecule has 0 aliphatic carbocycles. The standard InChI is InChI=1S/C29H34F3N7O3/c1-3-19-17-38(28(41)21-8-10-24(29(30,31)32)37-25(21)34)14-15-39(19)23-9-7-18(16-22(23)26(40)35-13-11-33)20-6-5-12-36-27(20)42-4-2/h5-10,12,16,19H,3-4,11,13-15,17,33H2,1-2H3,(H2,34,37)(H,35,40)/t19-/m1/s1. The van der Waals surface area contributed by atoms with E-state index < -0.39 is 23.6 Å². The van der Waals surface area contributed by atoms with Gasteiger partial charge in [-0.15, -0.1) is 0 Å². The third kappa shape index (κ3) is 6.56. The van der Waals surface area contributed by atoms with Crippen molar-refractivity contribution in [3.8, 4) is 17.0 Å². The molecule has 10 nitrogen and oxygen atoms in total. The van der Waals surface area contributed by atoms with E-state index in [9.17, 15) is 22.8 Å². The first-order chi connectivity index (χ1) is 20.1. The van der Waals surface area contributed by atoms with Crippen LogP contribution in [0.15, 0.2) is 48.7 Å². The molecule has 1 aliphatic rings. The molecule has 0 saturated carbocycles. The number of hydrogen-bond acceptors (Lipinski definition) is 8. The SMILES string of the molecule is CCOc1ncccc1-c1ccc(N2CCN(C(=O)c3ccc(C(F)(F)F)nc3N)C[C@H]2CC)c(C(=O)NCCN)c1. The third-order valence-corrected chi connectivity index (χ3v) is 7.03. The summed E-state index contributed by atoms with van der Waals surface area (Å²) in [6.45, 7) is 5.75. The van der Waals surface area contributed by atoms with Gasteiger partial charge in [0.25, 0.3) is 11.8 Å². The Morgan fingerprint density at radius 1 is 1.12 bits per heavy atom. The van der Waals surface area contributed by atoms with Crippen LogP contribution in [0.3, 0.4) is 0 Å². The fraction of sp³-hybridized carbons (Fsp3) is 0.379. The van der Waals surface area contributed by atoms with Crippen LogP contribution in [0.2, 0.25) is 0 Å². The van der Waals surface area contributed by atoms with Gasteiger partial charge >= 0.3 is 6.18 Å². The lowest BCUT2D eigenvalue weighted by Gasteiger charge is -2.43. The van der Waals surface area contributed by atoms with Crippen LogP contribution in [-0.4, -0.2) is 72.1 Å². The molecule has 0 radical (unpaired) electrons. The van der Waals surface area contributed by atoms with Gasteiger partial charge in [-0.2, -0.15) is 13.2 Å². The van der Waals surface area contributed by atoms with Gasteiger partial charge in [0.1, 0.15) is 11.5 Å². The summed E-state index contributed by atoms with van der Waals surface area (Å²) in [6, 6.07) is 10.9. The maximum atomic E-state index is 13.3. The molecule has 1 atom stereocenters. The molecule has 1 saturated heterocycles. The predicted molar refractivity (Wildman–Crippen MR) is 153 cm³/mol. The highest BCUT2D eigenvalue weighted by Gasteiger charge is 2.35. The van der Waals surface area contributed by atoms with Crippen LogP contribution in [0.1, 0.15) is 46.7 Å². The van der Waals surface area contributed by atoms with Gasteiger partial charge in [0.2, 0.25) is 5.88 Å². The number of pyridine rings is 2. The summed E-state index contributed by atoms with van der Waals surface area (Å²) in [5, 5.41) is 2.85. The highest BCUT2D eigenvalue weighted by Crippen LogP contribution is 2.34. The van der Waals surface area contributed by atoms with Gasteiger partial charge in [0.05, 0.1) is 17.7 Å². The van der Waals surface area contributed by atoms with E-state index in [4.69, 9.17) is 16.2 Å². The van der Waals surface area contributed by atoms with Crippen LogP contribution in [0.4, 0.5) is 24.7 Å². The highest BCUT2D eigenvalue weighted by molar-refractivity contribution is 6.02. The molecule has 5 N–H and O–H groups in total. The van der Waals surface area contributed by atoms with Gasteiger partial charge in [-0.25, -0.2) is 9.97 Å². The van der Waals surface area contributed by atoms with Crippen LogP contribution in [0.5, 0.6) is 5.88 Å². The number of nitrogens with one attached hydrogen (secondary N) is 1. The largest absolute Gasteiger partial charge is 0.478 e. The first-order valence-corrected chi connectivity index (χ1v) is 13.7. The minimum atomic E-state index is -4.67. The number of amides is 2. The topological polar surface area (TPSA) is 140 Å². The normalized spacial score (nSPS) is 15.4. The Bertz CT molecular complexity index is 1430. The molecule has 3 aromatic rings. The summed E-state index contributed by atoms with van der Waals surface area (Å²) in [5.74, 6) is -0.808. The average Bonchev–Trinajstić information content (AvgIpc) is 2.99. The number of ether oxygens (including phenoxy) is 1. The third-order valence-electron chi connectivity index (χ3n) is 7.03. The summed E-state index contributed by atoms with van der Waals surface area (Å²) in [5.41, 5.74) is 12.8. The summed E-state index contributed by atoms with van der Waals surface area (Å²) >= 11 is 0. The van der Waals surface area contributed by atoms with Crippen LogP contribution >= 0.6 is 0 Å². The van der Waals surface area contributed by atoms with Gasteiger partial charge in [-0.1, -0.05) is 13.0 Å². The quantitative estimate of drug-likeness (QED) is 0.346. The molecular formula is C29H34F3N7O3. The predicted octanol–water partition coefficient (Wildman–Crippen LogP) is 3.57. The van der Waals surface area contributed by atoms with Gasteiger partial charge in [-0.3, -0.25) is 9.59 Å². The zero-order chi connectivity index (χ0) is 30.4. The Hall–Kier alpha value is -4.39. The van der Waals surface area contributed by atoms with Crippen molar-refractivity contribution < 1.29 is 27.5 Å². The second-order valence-corrected chi connectivity index (χ2v) is 9.70. The molecule has 1 fully saturated rings. The van der Waals surface area contributed by atoms with Crippen molar-refractivity contribution in [2.75, 3.05) is 50.0 Å². The maximum absolute atomic E-state index is 13.3. The number of anilines is 2. The number of hydrogen-bond donors (Lipinski definition) is 3. The van der Waals surface area contributed by atoms with Gasteiger partial charge in [-0.05, 0) is 55.3 Å². The van der Waals surface area contributed by atoms with Crippen molar-refractivity contribution in [1.82, 2.24) is 20.2 Å². The number of halogens is 3. The smallest absolute Gasteiger partial charge is 0.433 e. The number of carbonyl (C=O) groups is 2. The van der Waals surface area contributed by atoms with E-state index in [1.54, 1.807) is 23.2 Å². The minimum Gasteiger partial charge on any atom is -0.478 e. The zero-order valence-electron chi connectivity index (χ0n) is 23.4. The number of aromatic nitrogens is 2. The number of alkyl halides is 3. The molecule has 1 aromatic carbocycles. The molecule has 3 heterocycles. The van der Waals surface area contributed by atoms with E-state index >= 15 is 0 Å². The van der Waals surface area contributed by atoms with E-state index in [0.29, 0.717) is 43.2 Å². The number of rotatable bonds is 9. The summed E-state index contributed by atoms with van der Waals surface area (Å²) in [6.07, 6.45) is -2.40. The molecular weight excluding hydrogens is 551 g/mol. The fourth-order valence-electron chi connectivity index (χ4n) is 4.97. The summed E-state index contributed by atoms with van der Waals surface area (Å²) in [7, 11) is 0. The van der Waals surface area contributed by atoms with Gasteiger partial charge in [0.15, 0.2) is 0 Å². The monoisotopic (exact) mass is 585 g/mol. The fourth-order valence-corrected chi connectivity index (χ4v) is 4.97. The number of nitrogen functional groups attached to an aromatic ring is 1. The molecule has 4 rings (SSSR count). The summed E-state index contributed by atoms with van der Waals surface area (Å²) in [4.78, 5) is 38.0. The molecule has 0 bridgehead atoms. The molecule has 13 heteroatoms. The Kier molecular flexibility index (Phi) is 9.51. The lowest BCUT2D eigenvalue weighted by molar-refractivity contribution is -0.141. The van der Waals surface area contributed by atoms with Crippen molar-refractivity contribution in [1.29, 1.82) is 0 Å². The number of nitrogens with zero attached hydrogens (tertiary/aromatic N) is 4. The van der Waals surface area contributed by atoms with Crippen LogP contribution in [0.25, 0.3) is 11.1 Å². The van der Waals surface area contributed by atoms with E-state index in [0.717, 1.165) is 23.3 Å². The number of piperazine rings is 1. The molecule has 0 spiro atoms. The molecule has 0 unspecified atom stereocenters. The van der Waals surface area contributed by atoms with E-state index in [2.05, 4.69) is 20.2 Å². The number of carbonyl (C=O) groups excluding carboxylic acids is 2. The first-order valence-electron chi connectivity index (χ1n) is 13.7. The zero-order valence-corrected chi connectivity index (χ0v) is 23.4. The molecule has 2 aromatic heterocycles. The van der Waals surface area contributed by atoms with Gasteiger partial charge < -0.3 is 31.3 Å². The maximum Gasteiger partial charge on any atom is 0.433 e. The second kappa shape index (κ2) is 13.1. The van der Waals surface area contributed by atoms with Crippen LogP contribution in [0, 0.1) is 0 Å². The highest BCUT2D eigenvalue weighted by atomic mass is 19.4. The van der Waals surface area contributed by atoms with Crippen molar-refractivity contribution in [2.45, 2.75) is 32.5 Å². The minimum absolute atomic E-state index is 0.0842. The van der Waals surface area contributed by atoms with Crippen LogP contribution in [-0.2, 0) is 6.18 Å². The second-order valence-electron chi connectivity index (χ2n) is 9.70. The Morgan fingerprint density at radius 2 is 1.90 bits per heavy atom. The lowest BCUT2D eigenvalue weighted by atomic mass is 9.99. The Morgan fingerprint density at radius 3 is 2.57 bits per heavy atom. The van der Waals surface area contributed by atoms with Crippen molar-refractivity contribution in [2.24, 2.45) is 5.73 Å². The Balaban J connectivity index is 1.64. The average molecular weight is 586 g/mol. The van der Waals surface area contributed by atoms with E-state index in [1.807, 2.05) is 32.0 Å². The first kappa shape index (κ1) is 30.6. The summed E-state index contributed by atoms with van der Waals surface area (Å²) < 4.78 is 44.8. The molecule has 42 heavy (non-hydrogen) atoms. The van der Waals surface area contributed by atoms with E-state index in [-0.39, 0.29) is 37.1 Å². The number of nitrogens with two attached hydrogens (primary N) is 2. The van der Waals surface area contributed by atoms with Crippen molar-refractivity contribution in [3.05, 3.63) is 65.5 Å². The lowest BCUT2D eigenvalue weighted by Crippen LogP contribution is -2.55. The molecule has 224 valence electrons. The molecule has 2 amide bonds. The van der Waals surface area contributed by atoms with E-state index in [1.165, 1.54) is 0 Å². The van der Waals surface area contributed by atoms with Crippen LogP contribution < -0.4 is 26.4 Å². The van der Waals surface area contributed by atoms with Gasteiger partial charge in [0, 0.05) is 56.2 Å². The number of benzene rings is 1. The van der Waals surface area contributed by atoms with Crippen molar-refractivity contribution >= 4 is 23.3 Å².